The normalized spacial score (nSPS) is 29.2. The summed E-state index contributed by atoms with van der Waals surface area (Å²) in [6.45, 7) is 6.62. The highest BCUT2D eigenvalue weighted by Gasteiger charge is 2.39. The minimum absolute atomic E-state index is 0.0497. The van der Waals surface area contributed by atoms with Gasteiger partial charge in [0.05, 0.1) is 5.92 Å². The van der Waals surface area contributed by atoms with Gasteiger partial charge in [0.25, 0.3) is 0 Å². The third-order valence-corrected chi connectivity index (χ3v) is 5.00. The van der Waals surface area contributed by atoms with Crippen LogP contribution in [0, 0.1) is 23.2 Å². The Morgan fingerprint density at radius 3 is 2.42 bits per heavy atom. The second-order valence-corrected chi connectivity index (χ2v) is 6.54. The molecule has 0 saturated heterocycles. The molecular formula is C15H26O4. The number of rotatable bonds is 6. The van der Waals surface area contributed by atoms with E-state index in [-0.39, 0.29) is 24.2 Å². The highest BCUT2D eigenvalue weighted by Crippen LogP contribution is 2.47. The minimum atomic E-state index is -0.909. The van der Waals surface area contributed by atoms with Crippen LogP contribution in [0.2, 0.25) is 0 Å². The van der Waals surface area contributed by atoms with E-state index in [4.69, 9.17) is 5.11 Å². The number of carboxylic acids is 2. The van der Waals surface area contributed by atoms with Gasteiger partial charge in [-0.05, 0) is 42.9 Å². The Labute approximate surface area is 115 Å². The van der Waals surface area contributed by atoms with Crippen molar-refractivity contribution >= 4 is 11.9 Å². The molecule has 4 heteroatoms. The summed E-state index contributed by atoms with van der Waals surface area (Å²) in [6.07, 6.45) is 4.22. The van der Waals surface area contributed by atoms with Crippen molar-refractivity contribution in [2.45, 2.75) is 59.3 Å². The lowest BCUT2D eigenvalue weighted by Gasteiger charge is -2.43. The standard InChI is InChI=1S/C15H26O4/c1-10(2)15(3)8-4-5-11(9-15)12(14(18)19)6-7-13(16)17/h10-12H,4-9H2,1-3H3,(H,16,17)(H,18,19). The third kappa shape index (κ3) is 4.22. The monoisotopic (exact) mass is 270 g/mol. The molecule has 1 rings (SSSR count). The molecule has 1 saturated carbocycles. The van der Waals surface area contributed by atoms with Gasteiger partial charge in [0, 0.05) is 6.42 Å². The molecule has 0 bridgehead atoms. The highest BCUT2D eigenvalue weighted by atomic mass is 16.4. The van der Waals surface area contributed by atoms with E-state index in [9.17, 15) is 14.7 Å². The van der Waals surface area contributed by atoms with E-state index in [0.717, 1.165) is 25.7 Å². The van der Waals surface area contributed by atoms with Crippen molar-refractivity contribution in [3.63, 3.8) is 0 Å². The molecule has 0 aromatic rings. The van der Waals surface area contributed by atoms with Crippen LogP contribution in [0.3, 0.4) is 0 Å². The zero-order valence-electron chi connectivity index (χ0n) is 12.2. The molecule has 4 nitrogen and oxygen atoms in total. The van der Waals surface area contributed by atoms with Crippen molar-refractivity contribution in [1.82, 2.24) is 0 Å². The first-order valence-electron chi connectivity index (χ1n) is 7.21. The second kappa shape index (κ2) is 6.40. The molecule has 0 spiro atoms. The molecule has 0 radical (unpaired) electrons. The van der Waals surface area contributed by atoms with Crippen molar-refractivity contribution in [3.05, 3.63) is 0 Å². The Morgan fingerprint density at radius 1 is 1.32 bits per heavy atom. The van der Waals surface area contributed by atoms with E-state index < -0.39 is 17.9 Å². The van der Waals surface area contributed by atoms with Gasteiger partial charge >= 0.3 is 11.9 Å². The molecule has 1 fully saturated rings. The van der Waals surface area contributed by atoms with E-state index in [1.165, 1.54) is 0 Å². The van der Waals surface area contributed by atoms with Crippen LogP contribution in [0.5, 0.6) is 0 Å². The molecular weight excluding hydrogens is 244 g/mol. The second-order valence-electron chi connectivity index (χ2n) is 6.54. The lowest BCUT2D eigenvalue weighted by atomic mass is 9.62. The largest absolute Gasteiger partial charge is 0.481 e. The first-order chi connectivity index (χ1) is 8.76. The summed E-state index contributed by atoms with van der Waals surface area (Å²) in [7, 11) is 0. The molecule has 3 atom stereocenters. The molecule has 1 aliphatic rings. The Morgan fingerprint density at radius 2 is 1.95 bits per heavy atom. The molecule has 110 valence electrons. The smallest absolute Gasteiger partial charge is 0.306 e. The fourth-order valence-corrected chi connectivity index (χ4v) is 3.28. The van der Waals surface area contributed by atoms with Gasteiger partial charge in [0.1, 0.15) is 0 Å². The van der Waals surface area contributed by atoms with Crippen LogP contribution in [0.4, 0.5) is 0 Å². The van der Waals surface area contributed by atoms with Gasteiger partial charge in [-0.3, -0.25) is 9.59 Å². The lowest BCUT2D eigenvalue weighted by Crippen LogP contribution is -2.36. The summed E-state index contributed by atoms with van der Waals surface area (Å²) in [5, 5.41) is 18.1. The number of hydrogen-bond donors (Lipinski definition) is 2. The first kappa shape index (κ1) is 16.0. The quantitative estimate of drug-likeness (QED) is 0.775. The minimum Gasteiger partial charge on any atom is -0.481 e. The van der Waals surface area contributed by atoms with Crippen LogP contribution < -0.4 is 0 Å². The SMILES string of the molecule is CC(C)C1(C)CCCC(C(CCC(=O)O)C(=O)O)C1. The van der Waals surface area contributed by atoms with E-state index in [0.29, 0.717) is 5.92 Å². The summed E-state index contributed by atoms with van der Waals surface area (Å²) in [6, 6.07) is 0. The molecule has 0 amide bonds. The number of aliphatic carboxylic acids is 2. The summed E-state index contributed by atoms with van der Waals surface area (Å²) in [5.74, 6) is -1.59. The first-order valence-corrected chi connectivity index (χ1v) is 7.21. The average molecular weight is 270 g/mol. The third-order valence-electron chi connectivity index (χ3n) is 5.00. The van der Waals surface area contributed by atoms with Crippen molar-refractivity contribution < 1.29 is 19.8 Å². The van der Waals surface area contributed by atoms with Gasteiger partial charge in [0.2, 0.25) is 0 Å². The van der Waals surface area contributed by atoms with Gasteiger partial charge in [0.15, 0.2) is 0 Å². The fraction of sp³-hybridized carbons (Fsp3) is 0.867. The summed E-state index contributed by atoms with van der Waals surface area (Å²) >= 11 is 0. The number of hydrogen-bond acceptors (Lipinski definition) is 2. The topological polar surface area (TPSA) is 74.6 Å². The summed E-state index contributed by atoms with van der Waals surface area (Å²) < 4.78 is 0. The van der Waals surface area contributed by atoms with Crippen LogP contribution in [0.25, 0.3) is 0 Å². The molecule has 0 aromatic carbocycles. The van der Waals surface area contributed by atoms with Crippen LogP contribution in [-0.2, 0) is 9.59 Å². The average Bonchev–Trinajstić information content (AvgIpc) is 2.28. The Hall–Kier alpha value is -1.06. The maximum absolute atomic E-state index is 11.4. The van der Waals surface area contributed by atoms with Crippen molar-refractivity contribution in [2.75, 3.05) is 0 Å². The zero-order chi connectivity index (χ0) is 14.6. The zero-order valence-corrected chi connectivity index (χ0v) is 12.2. The number of carboxylic acid groups (broad SMARTS) is 2. The lowest BCUT2D eigenvalue weighted by molar-refractivity contribution is -0.146. The maximum atomic E-state index is 11.4. The van der Waals surface area contributed by atoms with Crippen molar-refractivity contribution in [3.8, 4) is 0 Å². The van der Waals surface area contributed by atoms with Crippen LogP contribution in [0.1, 0.15) is 59.3 Å². The Kier molecular flexibility index (Phi) is 5.39. The van der Waals surface area contributed by atoms with E-state index in [1.54, 1.807) is 0 Å². The van der Waals surface area contributed by atoms with Gasteiger partial charge in [-0.15, -0.1) is 0 Å². The van der Waals surface area contributed by atoms with Gasteiger partial charge in [-0.1, -0.05) is 27.2 Å². The predicted octanol–water partition coefficient (Wildman–Crippen LogP) is 3.40. The van der Waals surface area contributed by atoms with Gasteiger partial charge < -0.3 is 10.2 Å². The number of carbonyl (C=O) groups is 2. The molecule has 0 aromatic heterocycles. The fourth-order valence-electron chi connectivity index (χ4n) is 3.28. The van der Waals surface area contributed by atoms with Crippen molar-refractivity contribution in [1.29, 1.82) is 0 Å². The Bertz CT molecular complexity index is 337. The molecule has 19 heavy (non-hydrogen) atoms. The molecule has 3 unspecified atom stereocenters. The van der Waals surface area contributed by atoms with Crippen LogP contribution >= 0.6 is 0 Å². The maximum Gasteiger partial charge on any atom is 0.306 e. The summed E-state index contributed by atoms with van der Waals surface area (Å²) in [4.78, 5) is 22.1. The van der Waals surface area contributed by atoms with Crippen molar-refractivity contribution in [2.24, 2.45) is 23.2 Å². The van der Waals surface area contributed by atoms with Crippen LogP contribution in [-0.4, -0.2) is 22.2 Å². The van der Waals surface area contributed by atoms with E-state index >= 15 is 0 Å². The van der Waals surface area contributed by atoms with E-state index in [1.807, 2.05) is 0 Å². The Balaban J connectivity index is 2.73. The van der Waals surface area contributed by atoms with Crippen LogP contribution in [0.15, 0.2) is 0 Å². The summed E-state index contributed by atoms with van der Waals surface area (Å²) in [5.41, 5.74) is 0.194. The highest BCUT2D eigenvalue weighted by molar-refractivity contribution is 5.72. The van der Waals surface area contributed by atoms with Gasteiger partial charge in [-0.25, -0.2) is 0 Å². The molecule has 1 aliphatic carbocycles. The molecule has 2 N–H and O–H groups in total. The molecule has 0 aliphatic heterocycles. The van der Waals surface area contributed by atoms with E-state index in [2.05, 4.69) is 20.8 Å². The molecule has 0 heterocycles. The predicted molar refractivity (Wildman–Crippen MR) is 72.9 cm³/mol. The van der Waals surface area contributed by atoms with Gasteiger partial charge in [-0.2, -0.15) is 0 Å².